The molecule has 1 heterocycles. The van der Waals surface area contributed by atoms with Crippen LogP contribution in [0, 0.1) is 6.92 Å². The zero-order valence-electron chi connectivity index (χ0n) is 14.3. The maximum absolute atomic E-state index is 12.7. The Balaban J connectivity index is 0.00000288. The number of carbonyl (C=O) groups is 1. The topological polar surface area (TPSA) is 84.7 Å². The van der Waals surface area contributed by atoms with Gasteiger partial charge in [0.15, 0.2) is 0 Å². The molecule has 0 aliphatic heterocycles. The van der Waals surface area contributed by atoms with Crippen LogP contribution < -0.4 is 10.6 Å². The van der Waals surface area contributed by atoms with Crippen LogP contribution in [-0.2, 0) is 11.2 Å². The number of hydrogen-bond donors (Lipinski definition) is 2. The third kappa shape index (κ3) is 5.58. The predicted molar refractivity (Wildman–Crippen MR) is 95.1 cm³/mol. The summed E-state index contributed by atoms with van der Waals surface area (Å²) in [5.74, 6) is 0.551. The molecule has 0 bridgehead atoms. The molecule has 1 unspecified atom stereocenters. The van der Waals surface area contributed by atoms with E-state index in [1.165, 1.54) is 0 Å². The Labute approximate surface area is 148 Å². The van der Waals surface area contributed by atoms with Crippen molar-refractivity contribution < 1.29 is 4.79 Å². The fraction of sp³-hybridized carbons (Fsp3) is 0.500. The second-order valence-corrected chi connectivity index (χ2v) is 5.58. The van der Waals surface area contributed by atoms with E-state index in [2.05, 4.69) is 26.2 Å². The molecule has 24 heavy (non-hydrogen) atoms. The lowest BCUT2D eigenvalue weighted by molar-refractivity contribution is -0.124. The first-order chi connectivity index (χ1) is 11.1. The minimum absolute atomic E-state index is 0. The van der Waals surface area contributed by atoms with Gasteiger partial charge in [0.05, 0.1) is 0 Å². The number of aromatic nitrogens is 4. The molecule has 1 amide bonds. The molecule has 2 rings (SSSR count). The molecule has 1 aromatic heterocycles. The number of amides is 1. The van der Waals surface area contributed by atoms with Crippen LogP contribution in [0.2, 0.25) is 0 Å². The number of aryl methyl sites for hydroxylation is 1. The molecular weight excluding hydrogens is 328 g/mol. The van der Waals surface area contributed by atoms with Crippen LogP contribution in [0.25, 0.3) is 0 Å². The lowest BCUT2D eigenvalue weighted by Crippen LogP contribution is -2.42. The van der Waals surface area contributed by atoms with Gasteiger partial charge in [-0.1, -0.05) is 37.3 Å². The van der Waals surface area contributed by atoms with Crippen LogP contribution in [0.3, 0.4) is 0 Å². The molecule has 0 aliphatic rings. The number of likely N-dealkylation sites (N-methyl/N-ethyl adjacent to an activating group) is 1. The molecule has 0 saturated heterocycles. The number of nitrogens with zero attached hydrogens (tertiary/aromatic N) is 4. The molecular formula is C16H25ClN6O. The fourth-order valence-electron chi connectivity index (χ4n) is 2.45. The summed E-state index contributed by atoms with van der Waals surface area (Å²) in [5.41, 5.74) is 1.07. The molecule has 1 aromatic carbocycles. The summed E-state index contributed by atoms with van der Waals surface area (Å²) < 4.78 is 1.58. The fourth-order valence-corrected chi connectivity index (χ4v) is 2.45. The molecule has 132 valence electrons. The highest BCUT2D eigenvalue weighted by molar-refractivity contribution is 5.85. The van der Waals surface area contributed by atoms with E-state index in [1.807, 2.05) is 44.2 Å². The average molecular weight is 353 g/mol. The molecule has 0 radical (unpaired) electrons. The maximum Gasteiger partial charge on any atom is 0.245 e. The average Bonchev–Trinajstić information content (AvgIpc) is 2.97. The molecule has 2 atom stereocenters. The normalized spacial score (nSPS) is 13.0. The number of hydrogen-bond acceptors (Lipinski definition) is 5. The summed E-state index contributed by atoms with van der Waals surface area (Å²) >= 11 is 0. The van der Waals surface area contributed by atoms with Crippen LogP contribution in [0.15, 0.2) is 30.3 Å². The summed E-state index contributed by atoms with van der Waals surface area (Å²) in [6.45, 7) is 7.32. The van der Waals surface area contributed by atoms with Crippen molar-refractivity contribution in [2.45, 2.75) is 39.3 Å². The molecule has 0 aliphatic carbocycles. The summed E-state index contributed by atoms with van der Waals surface area (Å²) in [6, 6.07) is 9.65. The Hall–Kier alpha value is -1.99. The zero-order chi connectivity index (χ0) is 16.7. The summed E-state index contributed by atoms with van der Waals surface area (Å²) in [6.07, 6.45) is 0.550. The number of benzene rings is 1. The number of rotatable bonds is 8. The van der Waals surface area contributed by atoms with E-state index in [1.54, 1.807) is 11.6 Å². The van der Waals surface area contributed by atoms with Crippen molar-refractivity contribution in [3.63, 3.8) is 0 Å². The molecule has 7 nitrogen and oxygen atoms in total. The highest BCUT2D eigenvalue weighted by Gasteiger charge is 2.24. The van der Waals surface area contributed by atoms with E-state index in [0.29, 0.717) is 18.8 Å². The Morgan fingerprint density at radius 2 is 2.00 bits per heavy atom. The summed E-state index contributed by atoms with van der Waals surface area (Å²) in [5, 5.41) is 17.8. The third-order valence-electron chi connectivity index (χ3n) is 3.66. The van der Waals surface area contributed by atoms with Crippen LogP contribution >= 0.6 is 12.4 Å². The first-order valence-electron chi connectivity index (χ1n) is 7.91. The molecule has 2 aromatic rings. The van der Waals surface area contributed by atoms with Gasteiger partial charge in [0.2, 0.25) is 5.91 Å². The van der Waals surface area contributed by atoms with Gasteiger partial charge in [-0.2, -0.15) is 0 Å². The lowest BCUT2D eigenvalue weighted by atomic mass is 10.1. The van der Waals surface area contributed by atoms with Crippen LogP contribution in [0.4, 0.5) is 0 Å². The molecule has 0 saturated carbocycles. The molecule has 0 spiro atoms. The quantitative estimate of drug-likeness (QED) is 0.748. The van der Waals surface area contributed by atoms with Gasteiger partial charge in [-0.25, -0.2) is 4.68 Å². The summed E-state index contributed by atoms with van der Waals surface area (Å²) in [4.78, 5) is 12.7. The van der Waals surface area contributed by atoms with Gasteiger partial charge in [-0.15, -0.1) is 17.5 Å². The van der Waals surface area contributed by atoms with Gasteiger partial charge in [-0.3, -0.25) is 4.79 Å². The lowest BCUT2D eigenvalue weighted by Gasteiger charge is -2.19. The van der Waals surface area contributed by atoms with Crippen LogP contribution in [-0.4, -0.2) is 45.2 Å². The van der Waals surface area contributed by atoms with Gasteiger partial charge in [0.25, 0.3) is 0 Å². The highest BCUT2D eigenvalue weighted by atomic mass is 35.5. The summed E-state index contributed by atoms with van der Waals surface area (Å²) in [7, 11) is 0. The minimum Gasteiger partial charge on any atom is -0.353 e. The number of halogens is 1. The van der Waals surface area contributed by atoms with Crippen LogP contribution in [0.1, 0.15) is 31.3 Å². The van der Waals surface area contributed by atoms with Crippen molar-refractivity contribution in [2.75, 3.05) is 13.1 Å². The maximum atomic E-state index is 12.7. The van der Waals surface area contributed by atoms with Gasteiger partial charge in [-0.05, 0) is 36.4 Å². The third-order valence-corrected chi connectivity index (χ3v) is 3.66. The van der Waals surface area contributed by atoms with Crippen molar-refractivity contribution in [1.82, 2.24) is 30.8 Å². The molecule has 2 N–H and O–H groups in total. The molecule has 8 heteroatoms. The zero-order valence-corrected chi connectivity index (χ0v) is 15.1. The second kappa shape index (κ2) is 10.00. The largest absolute Gasteiger partial charge is 0.353 e. The second-order valence-electron chi connectivity index (χ2n) is 5.58. The smallest absolute Gasteiger partial charge is 0.245 e. The highest BCUT2D eigenvalue weighted by Crippen LogP contribution is 2.14. The Morgan fingerprint density at radius 3 is 2.58 bits per heavy atom. The number of nitrogens with one attached hydrogen (secondary N) is 2. The minimum atomic E-state index is -0.457. The Kier molecular flexibility index (Phi) is 8.35. The van der Waals surface area contributed by atoms with E-state index >= 15 is 0 Å². The standard InChI is InChI=1S/C16H24N6O.ClH/c1-4-17-12(2)11-18-16(23)15(22-13(3)19-20-21-22)10-14-8-6-5-7-9-14;/h5-9,12,15,17H,4,10-11H2,1-3H3,(H,18,23);1H/t12-,15?;/m1./s1. The van der Waals surface area contributed by atoms with Gasteiger partial charge < -0.3 is 10.6 Å². The predicted octanol–water partition coefficient (Wildman–Crippen LogP) is 1.30. The van der Waals surface area contributed by atoms with E-state index in [-0.39, 0.29) is 24.4 Å². The van der Waals surface area contributed by atoms with Crippen molar-refractivity contribution in [3.8, 4) is 0 Å². The van der Waals surface area contributed by atoms with Crippen molar-refractivity contribution in [1.29, 1.82) is 0 Å². The SMILES string of the molecule is CCN[C@H](C)CNC(=O)C(Cc1ccccc1)n1nnnc1C.Cl. The van der Waals surface area contributed by atoms with Crippen molar-refractivity contribution in [3.05, 3.63) is 41.7 Å². The molecule has 0 fully saturated rings. The Bertz CT molecular complexity index is 618. The van der Waals surface area contributed by atoms with E-state index in [4.69, 9.17) is 0 Å². The van der Waals surface area contributed by atoms with Gasteiger partial charge in [0.1, 0.15) is 11.9 Å². The van der Waals surface area contributed by atoms with Crippen LogP contribution in [0.5, 0.6) is 0 Å². The van der Waals surface area contributed by atoms with Gasteiger partial charge >= 0.3 is 0 Å². The number of carbonyl (C=O) groups excluding carboxylic acids is 1. The first-order valence-corrected chi connectivity index (χ1v) is 7.91. The van der Waals surface area contributed by atoms with E-state index in [9.17, 15) is 4.79 Å². The van der Waals surface area contributed by atoms with Crippen molar-refractivity contribution in [2.24, 2.45) is 0 Å². The van der Waals surface area contributed by atoms with E-state index in [0.717, 1.165) is 12.1 Å². The van der Waals surface area contributed by atoms with E-state index < -0.39 is 6.04 Å². The Morgan fingerprint density at radius 1 is 1.29 bits per heavy atom. The first kappa shape index (κ1) is 20.1. The monoisotopic (exact) mass is 352 g/mol. The van der Waals surface area contributed by atoms with Crippen molar-refractivity contribution >= 4 is 18.3 Å². The number of tetrazole rings is 1. The van der Waals surface area contributed by atoms with Gasteiger partial charge in [0, 0.05) is 19.0 Å².